The van der Waals surface area contributed by atoms with Gasteiger partial charge in [-0.1, -0.05) is 35.3 Å². The summed E-state index contributed by atoms with van der Waals surface area (Å²) < 4.78 is 10.1. The van der Waals surface area contributed by atoms with E-state index >= 15 is 0 Å². The van der Waals surface area contributed by atoms with E-state index in [2.05, 4.69) is 0 Å². The molecular weight excluding hydrogens is 367 g/mol. The van der Waals surface area contributed by atoms with Gasteiger partial charge >= 0.3 is 0 Å². The number of hydrogen-bond donors (Lipinski definition) is 0. The number of hydrogen-bond acceptors (Lipinski definition) is 5. The third kappa shape index (κ3) is 5.24. The zero-order valence-corrected chi connectivity index (χ0v) is 14.6. The van der Waals surface area contributed by atoms with Crippen LogP contribution in [0.3, 0.4) is 0 Å². The SMILES string of the molecule is COc1cc(C(=O)/C=C/c2ccc(Cl)c(Cl)c2)ccc1OCC(=O)[O-]. The number of allylic oxidation sites excluding steroid dienone is 1. The van der Waals surface area contributed by atoms with Crippen molar-refractivity contribution in [2.24, 2.45) is 0 Å². The zero-order chi connectivity index (χ0) is 18.4. The minimum absolute atomic E-state index is 0.205. The number of halogens is 2. The molecule has 0 heterocycles. The Morgan fingerprint density at radius 2 is 1.84 bits per heavy atom. The van der Waals surface area contributed by atoms with Gasteiger partial charge in [0.25, 0.3) is 0 Å². The lowest BCUT2D eigenvalue weighted by atomic mass is 10.1. The normalized spacial score (nSPS) is 10.7. The summed E-state index contributed by atoms with van der Waals surface area (Å²) in [6.45, 7) is -0.610. The molecule has 2 aromatic rings. The second-order valence-electron chi connectivity index (χ2n) is 4.90. The molecule has 0 unspecified atom stereocenters. The van der Waals surface area contributed by atoms with Crippen LogP contribution in [0.5, 0.6) is 11.5 Å². The predicted octanol–water partition coefficient (Wildman–Crippen LogP) is 3.03. The summed E-state index contributed by atoms with van der Waals surface area (Å²) in [6.07, 6.45) is 2.99. The summed E-state index contributed by atoms with van der Waals surface area (Å²) in [5.74, 6) is -1.17. The molecule has 0 radical (unpaired) electrons. The van der Waals surface area contributed by atoms with Crippen LogP contribution in [-0.2, 0) is 4.79 Å². The molecule has 0 aliphatic heterocycles. The topological polar surface area (TPSA) is 75.7 Å². The van der Waals surface area contributed by atoms with Crippen LogP contribution < -0.4 is 14.6 Å². The molecule has 0 amide bonds. The molecule has 130 valence electrons. The van der Waals surface area contributed by atoms with E-state index in [9.17, 15) is 14.7 Å². The molecule has 0 saturated carbocycles. The number of carbonyl (C=O) groups is 2. The molecule has 7 heteroatoms. The van der Waals surface area contributed by atoms with Crippen molar-refractivity contribution in [1.82, 2.24) is 0 Å². The molecular formula is C18H13Cl2O5-. The van der Waals surface area contributed by atoms with E-state index in [0.29, 0.717) is 15.6 Å². The Kier molecular flexibility index (Phi) is 6.44. The maximum Gasteiger partial charge on any atom is 0.185 e. The van der Waals surface area contributed by atoms with Crippen LogP contribution in [0.4, 0.5) is 0 Å². The third-order valence-electron chi connectivity index (χ3n) is 3.16. The molecule has 0 spiro atoms. The average molecular weight is 380 g/mol. The largest absolute Gasteiger partial charge is 0.546 e. The van der Waals surface area contributed by atoms with E-state index in [1.54, 1.807) is 24.3 Å². The second-order valence-corrected chi connectivity index (χ2v) is 5.71. The summed E-state index contributed by atoms with van der Waals surface area (Å²) in [6, 6.07) is 9.45. The standard InChI is InChI=1S/C18H14Cl2O5/c1-24-17-9-12(4-7-16(17)25-10-18(22)23)15(21)6-3-11-2-5-13(19)14(20)8-11/h2-9H,10H2,1H3,(H,22,23)/p-1/b6-3+. The molecule has 2 aromatic carbocycles. The first-order valence-corrected chi connectivity index (χ1v) is 7.84. The minimum atomic E-state index is -1.35. The van der Waals surface area contributed by atoms with Gasteiger partial charge in [-0.2, -0.15) is 0 Å². The molecule has 0 aromatic heterocycles. The molecule has 0 atom stereocenters. The molecule has 0 bridgehead atoms. The molecule has 0 fully saturated rings. The van der Waals surface area contributed by atoms with Crippen molar-refractivity contribution < 1.29 is 24.2 Å². The Bertz CT molecular complexity index is 830. The monoisotopic (exact) mass is 379 g/mol. The number of carbonyl (C=O) groups excluding carboxylic acids is 2. The fourth-order valence-corrected chi connectivity index (χ4v) is 2.27. The van der Waals surface area contributed by atoms with E-state index in [-0.39, 0.29) is 17.3 Å². The van der Waals surface area contributed by atoms with Crippen LogP contribution in [0.25, 0.3) is 6.08 Å². The lowest BCUT2D eigenvalue weighted by Crippen LogP contribution is -2.29. The van der Waals surface area contributed by atoms with Crippen LogP contribution in [0.15, 0.2) is 42.5 Å². The Hall–Kier alpha value is -2.50. The number of carboxylic acids is 1. The second kappa shape index (κ2) is 8.55. The quantitative estimate of drug-likeness (QED) is 0.545. The van der Waals surface area contributed by atoms with Crippen molar-refractivity contribution in [1.29, 1.82) is 0 Å². The summed E-state index contributed by atoms with van der Waals surface area (Å²) >= 11 is 11.8. The van der Waals surface area contributed by atoms with Gasteiger partial charge < -0.3 is 19.4 Å². The zero-order valence-electron chi connectivity index (χ0n) is 13.1. The van der Waals surface area contributed by atoms with E-state index in [1.165, 1.54) is 31.4 Å². The number of methoxy groups -OCH3 is 1. The third-order valence-corrected chi connectivity index (χ3v) is 3.90. The van der Waals surface area contributed by atoms with Gasteiger partial charge in [0.05, 0.1) is 23.1 Å². The van der Waals surface area contributed by atoms with E-state index in [1.807, 2.05) is 0 Å². The Morgan fingerprint density at radius 1 is 1.08 bits per heavy atom. The van der Waals surface area contributed by atoms with Crippen LogP contribution in [-0.4, -0.2) is 25.5 Å². The number of aliphatic carboxylic acids is 1. The maximum atomic E-state index is 12.3. The average Bonchev–Trinajstić information content (AvgIpc) is 2.60. The minimum Gasteiger partial charge on any atom is -0.546 e. The van der Waals surface area contributed by atoms with Gasteiger partial charge in [-0.3, -0.25) is 4.79 Å². The highest BCUT2D eigenvalue weighted by Gasteiger charge is 2.10. The van der Waals surface area contributed by atoms with Crippen LogP contribution in [0, 0.1) is 0 Å². The molecule has 0 N–H and O–H groups in total. The predicted molar refractivity (Wildman–Crippen MR) is 93.3 cm³/mol. The summed E-state index contributed by atoms with van der Waals surface area (Å²) in [4.78, 5) is 22.7. The highest BCUT2D eigenvalue weighted by molar-refractivity contribution is 6.42. The van der Waals surface area contributed by atoms with Crippen LogP contribution in [0.2, 0.25) is 10.0 Å². The van der Waals surface area contributed by atoms with Crippen molar-refractivity contribution in [3.05, 3.63) is 63.6 Å². The number of ketones is 1. The van der Waals surface area contributed by atoms with Gasteiger partial charge in [0, 0.05) is 5.56 Å². The molecule has 0 saturated heterocycles. The first-order valence-electron chi connectivity index (χ1n) is 7.09. The van der Waals surface area contributed by atoms with E-state index in [0.717, 1.165) is 5.56 Å². The van der Waals surface area contributed by atoms with Crippen LogP contribution in [0.1, 0.15) is 15.9 Å². The lowest BCUT2D eigenvalue weighted by molar-refractivity contribution is -0.307. The van der Waals surface area contributed by atoms with Crippen molar-refractivity contribution in [2.75, 3.05) is 13.7 Å². The van der Waals surface area contributed by atoms with Crippen molar-refractivity contribution in [3.8, 4) is 11.5 Å². The van der Waals surface area contributed by atoms with Gasteiger partial charge in [0.1, 0.15) is 6.61 Å². The molecule has 5 nitrogen and oxygen atoms in total. The number of ether oxygens (including phenoxy) is 2. The highest BCUT2D eigenvalue weighted by Crippen LogP contribution is 2.28. The first kappa shape index (κ1) is 18.8. The van der Waals surface area contributed by atoms with Gasteiger partial charge in [-0.15, -0.1) is 0 Å². The van der Waals surface area contributed by atoms with Gasteiger partial charge in [-0.05, 0) is 42.0 Å². The molecule has 0 aliphatic carbocycles. The maximum absolute atomic E-state index is 12.3. The Morgan fingerprint density at radius 3 is 2.48 bits per heavy atom. The lowest BCUT2D eigenvalue weighted by Gasteiger charge is -2.11. The molecule has 0 aliphatic rings. The number of benzene rings is 2. The Labute approximate surface area is 154 Å². The molecule has 25 heavy (non-hydrogen) atoms. The Balaban J connectivity index is 2.16. The number of rotatable bonds is 7. The highest BCUT2D eigenvalue weighted by atomic mass is 35.5. The van der Waals surface area contributed by atoms with Crippen molar-refractivity contribution >= 4 is 41.0 Å². The number of carboxylic acid groups (broad SMARTS) is 1. The van der Waals surface area contributed by atoms with Gasteiger partial charge in [0.2, 0.25) is 0 Å². The fraction of sp³-hybridized carbons (Fsp3) is 0.111. The van der Waals surface area contributed by atoms with E-state index < -0.39 is 12.6 Å². The van der Waals surface area contributed by atoms with Crippen molar-refractivity contribution in [3.63, 3.8) is 0 Å². The summed E-state index contributed by atoms with van der Waals surface area (Å²) in [5, 5.41) is 11.3. The van der Waals surface area contributed by atoms with Gasteiger partial charge in [-0.25, -0.2) is 0 Å². The fourth-order valence-electron chi connectivity index (χ4n) is 1.96. The van der Waals surface area contributed by atoms with Gasteiger partial charge in [0.15, 0.2) is 17.3 Å². The van der Waals surface area contributed by atoms with Crippen LogP contribution >= 0.6 is 23.2 Å². The van der Waals surface area contributed by atoms with E-state index in [4.69, 9.17) is 32.7 Å². The van der Waals surface area contributed by atoms with Crippen molar-refractivity contribution in [2.45, 2.75) is 0 Å². The smallest absolute Gasteiger partial charge is 0.185 e. The molecule has 2 rings (SSSR count). The summed E-state index contributed by atoms with van der Waals surface area (Å²) in [7, 11) is 1.39. The first-order chi connectivity index (χ1) is 11.9. The summed E-state index contributed by atoms with van der Waals surface area (Å²) in [5.41, 5.74) is 1.08.